The van der Waals surface area contributed by atoms with E-state index in [1.54, 1.807) is 17.4 Å². The second-order valence-corrected chi connectivity index (χ2v) is 6.92. The fourth-order valence-corrected chi connectivity index (χ4v) is 2.79. The third-order valence-corrected chi connectivity index (χ3v) is 4.06. The second kappa shape index (κ2) is 4.79. The van der Waals surface area contributed by atoms with Gasteiger partial charge in [-0.2, -0.15) is 0 Å². The minimum atomic E-state index is -1.40. The van der Waals surface area contributed by atoms with Crippen LogP contribution in [0.4, 0.5) is 0 Å². The van der Waals surface area contributed by atoms with E-state index in [4.69, 9.17) is 34.8 Å². The summed E-state index contributed by atoms with van der Waals surface area (Å²) in [5.41, 5.74) is 1.64. The molecule has 0 spiro atoms. The Morgan fingerprint density at radius 1 is 1.12 bits per heavy atom. The van der Waals surface area contributed by atoms with Crippen molar-refractivity contribution in [2.24, 2.45) is 0 Å². The Morgan fingerprint density at radius 3 is 2.44 bits per heavy atom. The summed E-state index contributed by atoms with van der Waals surface area (Å²) in [5.74, 6) is 0. The molecule has 1 aromatic heterocycles. The molecule has 16 heavy (non-hydrogen) atoms. The smallest absolute Gasteiger partial charge is 0.144 e. The van der Waals surface area contributed by atoms with E-state index in [9.17, 15) is 0 Å². The highest BCUT2D eigenvalue weighted by Gasteiger charge is 2.23. The number of alkyl halides is 3. The zero-order valence-corrected chi connectivity index (χ0v) is 11.9. The van der Waals surface area contributed by atoms with Crippen LogP contribution in [0.1, 0.15) is 5.56 Å². The summed E-state index contributed by atoms with van der Waals surface area (Å²) in [6.07, 6.45) is 0. The third kappa shape index (κ3) is 2.69. The first-order valence-electron chi connectivity index (χ1n) is 4.42. The van der Waals surface area contributed by atoms with Crippen LogP contribution in [0.25, 0.3) is 10.4 Å². The first kappa shape index (κ1) is 12.6. The van der Waals surface area contributed by atoms with Gasteiger partial charge in [0, 0.05) is 20.9 Å². The molecule has 0 radical (unpaired) electrons. The van der Waals surface area contributed by atoms with Crippen LogP contribution in [0, 0.1) is 0 Å². The molecule has 0 amide bonds. The van der Waals surface area contributed by atoms with Gasteiger partial charge in [-0.15, -0.1) is 24.0 Å². The molecule has 84 valence electrons. The molecule has 0 aliphatic heterocycles. The summed E-state index contributed by atoms with van der Waals surface area (Å²) < 4.78 is -1.40. The van der Waals surface area contributed by atoms with Crippen molar-refractivity contribution in [2.75, 3.05) is 0 Å². The fourth-order valence-electron chi connectivity index (χ4n) is 1.34. The molecular weight excluding hydrogens is 303 g/mol. The number of halogens is 3. The molecular formula is C11H7Cl3S2. The molecule has 0 saturated heterocycles. The van der Waals surface area contributed by atoms with E-state index in [2.05, 4.69) is 12.6 Å². The van der Waals surface area contributed by atoms with Gasteiger partial charge in [0.15, 0.2) is 0 Å². The van der Waals surface area contributed by atoms with Crippen LogP contribution >= 0.6 is 58.8 Å². The number of rotatable bonds is 1. The molecule has 1 heterocycles. The molecule has 1 aromatic carbocycles. The van der Waals surface area contributed by atoms with Crippen molar-refractivity contribution in [1.29, 1.82) is 0 Å². The van der Waals surface area contributed by atoms with Crippen molar-refractivity contribution in [1.82, 2.24) is 0 Å². The minimum absolute atomic E-state index is 0.652. The van der Waals surface area contributed by atoms with Crippen LogP contribution in [0.15, 0.2) is 40.6 Å². The maximum atomic E-state index is 5.85. The van der Waals surface area contributed by atoms with Gasteiger partial charge in [-0.05, 0) is 23.6 Å². The highest BCUT2D eigenvalue weighted by molar-refractivity contribution is 7.80. The first-order valence-corrected chi connectivity index (χ1v) is 6.88. The van der Waals surface area contributed by atoms with E-state index in [1.165, 1.54) is 0 Å². The molecule has 0 unspecified atom stereocenters. The zero-order valence-electron chi connectivity index (χ0n) is 7.95. The summed E-state index contributed by atoms with van der Waals surface area (Å²) in [5, 5.41) is 2.00. The van der Waals surface area contributed by atoms with E-state index in [0.29, 0.717) is 5.56 Å². The Bertz CT molecular complexity index is 486. The molecule has 0 N–H and O–H groups in total. The average Bonchev–Trinajstić information content (AvgIpc) is 2.69. The normalized spacial score (nSPS) is 11.8. The standard InChI is InChI=1S/C11H7Cl3S2/c12-11(13,14)7-3-4-9(15)8(6-7)10-2-1-5-16-10/h1-6,15H. The lowest BCUT2D eigenvalue weighted by molar-refractivity contribution is 1.23. The van der Waals surface area contributed by atoms with Crippen molar-refractivity contribution in [3.8, 4) is 10.4 Å². The Kier molecular flexibility index (Phi) is 3.77. The second-order valence-electron chi connectivity index (χ2n) is 3.21. The summed E-state index contributed by atoms with van der Waals surface area (Å²) in [6.45, 7) is 0. The molecule has 0 bridgehead atoms. The number of hydrogen-bond acceptors (Lipinski definition) is 2. The quantitative estimate of drug-likeness (QED) is 0.519. The number of benzene rings is 1. The molecule has 0 fully saturated rings. The monoisotopic (exact) mass is 308 g/mol. The SMILES string of the molecule is Sc1ccc(C(Cl)(Cl)Cl)cc1-c1cccs1. The van der Waals surface area contributed by atoms with Crippen molar-refractivity contribution < 1.29 is 0 Å². The number of thiophene rings is 1. The van der Waals surface area contributed by atoms with Crippen LogP contribution in [0.2, 0.25) is 0 Å². The van der Waals surface area contributed by atoms with E-state index in [1.807, 2.05) is 29.6 Å². The lowest BCUT2D eigenvalue weighted by Gasteiger charge is -2.13. The van der Waals surface area contributed by atoms with Crippen LogP contribution in [-0.2, 0) is 3.79 Å². The predicted octanol–water partition coefficient (Wildman–Crippen LogP) is 5.53. The Morgan fingerprint density at radius 2 is 1.88 bits per heavy atom. The largest absolute Gasteiger partial charge is 0.216 e. The third-order valence-electron chi connectivity index (χ3n) is 2.11. The van der Waals surface area contributed by atoms with Crippen LogP contribution < -0.4 is 0 Å². The van der Waals surface area contributed by atoms with Gasteiger partial charge in [-0.25, -0.2) is 0 Å². The minimum Gasteiger partial charge on any atom is -0.144 e. The number of hydrogen-bond donors (Lipinski definition) is 1. The van der Waals surface area contributed by atoms with Crippen LogP contribution in [-0.4, -0.2) is 0 Å². The average molecular weight is 310 g/mol. The van der Waals surface area contributed by atoms with Gasteiger partial charge < -0.3 is 0 Å². The summed E-state index contributed by atoms with van der Waals surface area (Å²) in [6, 6.07) is 9.47. The van der Waals surface area contributed by atoms with E-state index in [0.717, 1.165) is 15.3 Å². The molecule has 0 aliphatic carbocycles. The van der Waals surface area contributed by atoms with Crippen molar-refractivity contribution in [3.05, 3.63) is 41.3 Å². The number of thiol groups is 1. The van der Waals surface area contributed by atoms with Gasteiger partial charge in [0.05, 0.1) is 0 Å². The van der Waals surface area contributed by atoms with Crippen molar-refractivity contribution >= 4 is 58.8 Å². The van der Waals surface area contributed by atoms with Crippen molar-refractivity contribution in [2.45, 2.75) is 8.69 Å². The summed E-state index contributed by atoms with van der Waals surface area (Å²) in [4.78, 5) is 1.99. The van der Waals surface area contributed by atoms with Gasteiger partial charge >= 0.3 is 0 Å². The Hall–Kier alpha value is 0.140. The lowest BCUT2D eigenvalue weighted by Crippen LogP contribution is -1.99. The molecule has 2 aromatic rings. The fraction of sp³-hybridized carbons (Fsp3) is 0.0909. The van der Waals surface area contributed by atoms with Gasteiger partial charge in [0.1, 0.15) is 0 Å². The van der Waals surface area contributed by atoms with Gasteiger partial charge in [0.2, 0.25) is 3.79 Å². The maximum Gasteiger partial charge on any atom is 0.216 e. The van der Waals surface area contributed by atoms with E-state index >= 15 is 0 Å². The lowest BCUT2D eigenvalue weighted by atomic mass is 10.1. The van der Waals surface area contributed by atoms with Crippen LogP contribution in [0.5, 0.6) is 0 Å². The Labute approximate surface area is 119 Å². The van der Waals surface area contributed by atoms with E-state index < -0.39 is 3.79 Å². The first-order chi connectivity index (χ1) is 7.48. The topological polar surface area (TPSA) is 0 Å². The maximum absolute atomic E-state index is 5.85. The molecule has 0 atom stereocenters. The molecule has 0 aliphatic rings. The zero-order chi connectivity index (χ0) is 11.8. The Balaban J connectivity index is 2.54. The highest BCUT2D eigenvalue weighted by atomic mass is 35.6. The van der Waals surface area contributed by atoms with Crippen LogP contribution in [0.3, 0.4) is 0 Å². The molecule has 0 nitrogen and oxygen atoms in total. The van der Waals surface area contributed by atoms with E-state index in [-0.39, 0.29) is 0 Å². The molecule has 5 heteroatoms. The van der Waals surface area contributed by atoms with Gasteiger partial charge in [-0.1, -0.05) is 46.9 Å². The summed E-state index contributed by atoms with van der Waals surface area (Å²) >= 11 is 23.6. The van der Waals surface area contributed by atoms with Crippen molar-refractivity contribution in [3.63, 3.8) is 0 Å². The highest BCUT2D eigenvalue weighted by Crippen LogP contribution is 2.41. The molecule has 0 saturated carbocycles. The summed E-state index contributed by atoms with van der Waals surface area (Å²) in [7, 11) is 0. The molecule has 2 rings (SSSR count). The van der Waals surface area contributed by atoms with Gasteiger partial charge in [0.25, 0.3) is 0 Å². The van der Waals surface area contributed by atoms with Gasteiger partial charge in [-0.3, -0.25) is 0 Å². The predicted molar refractivity (Wildman–Crippen MR) is 76.2 cm³/mol.